The van der Waals surface area contributed by atoms with E-state index < -0.39 is 0 Å². The number of piperidine rings is 1. The van der Waals surface area contributed by atoms with Crippen LogP contribution in [0.1, 0.15) is 24.8 Å². The number of hydrogen-bond acceptors (Lipinski definition) is 2. The second-order valence-electron chi connectivity index (χ2n) is 5.86. The smallest absolute Gasteiger partial charge is 0.198 e. The van der Waals surface area contributed by atoms with Crippen LogP contribution in [0, 0.1) is 0 Å². The summed E-state index contributed by atoms with van der Waals surface area (Å²) >= 11 is 0. The van der Waals surface area contributed by atoms with Crippen molar-refractivity contribution in [3.05, 3.63) is 60.4 Å². The predicted molar refractivity (Wildman–Crippen MR) is 95.7 cm³/mol. The lowest BCUT2D eigenvalue weighted by molar-refractivity contribution is 0.340. The fraction of sp³-hybridized carbons (Fsp3) is 0.368. The van der Waals surface area contributed by atoms with Gasteiger partial charge in [-0.25, -0.2) is 0 Å². The molecule has 23 heavy (non-hydrogen) atoms. The number of benzene rings is 1. The molecule has 3 rings (SSSR count). The first-order chi connectivity index (χ1) is 11.4. The minimum atomic E-state index is 0.775. The van der Waals surface area contributed by atoms with Crippen LogP contribution in [0.5, 0.6) is 0 Å². The predicted octanol–water partition coefficient (Wildman–Crippen LogP) is 3.58. The molecule has 1 aromatic heterocycles. The third kappa shape index (κ3) is 4.81. The first kappa shape index (κ1) is 15.5. The van der Waals surface area contributed by atoms with E-state index in [1.807, 2.05) is 36.7 Å². The molecular formula is C19H24N4. The molecule has 0 aliphatic carbocycles. The van der Waals surface area contributed by atoms with Gasteiger partial charge in [-0.1, -0.05) is 24.3 Å². The first-order valence-corrected chi connectivity index (χ1v) is 8.42. The van der Waals surface area contributed by atoms with Gasteiger partial charge in [-0.2, -0.15) is 0 Å². The van der Waals surface area contributed by atoms with Crippen molar-refractivity contribution >= 4 is 11.6 Å². The van der Waals surface area contributed by atoms with E-state index in [4.69, 9.17) is 4.99 Å². The third-order valence-corrected chi connectivity index (χ3v) is 4.07. The van der Waals surface area contributed by atoms with E-state index in [-0.39, 0.29) is 0 Å². The molecular weight excluding hydrogens is 284 g/mol. The standard InChI is InChI=1S/C19H24N4/c1-3-9-18(10-4-1)22-19(23-14-5-2-6-15-23)21-13-11-17-8-7-12-20-16-17/h1,3-4,7-10,12,16H,2,5-6,11,13-15H2,(H,21,22). The molecule has 0 saturated carbocycles. The van der Waals surface area contributed by atoms with Crippen molar-refractivity contribution < 1.29 is 0 Å². The van der Waals surface area contributed by atoms with Crippen molar-refractivity contribution in [1.29, 1.82) is 0 Å². The summed E-state index contributed by atoms with van der Waals surface area (Å²) in [4.78, 5) is 11.4. The largest absolute Gasteiger partial charge is 0.343 e. The Kier molecular flexibility index (Phi) is 5.62. The van der Waals surface area contributed by atoms with Crippen molar-refractivity contribution in [3.8, 4) is 0 Å². The van der Waals surface area contributed by atoms with Gasteiger partial charge < -0.3 is 10.2 Å². The summed E-state index contributed by atoms with van der Waals surface area (Å²) < 4.78 is 0. The molecule has 1 aliphatic rings. The van der Waals surface area contributed by atoms with Gasteiger partial charge in [0, 0.05) is 37.7 Å². The molecule has 0 radical (unpaired) electrons. The number of aromatic nitrogens is 1. The molecule has 1 aromatic carbocycles. The van der Waals surface area contributed by atoms with E-state index >= 15 is 0 Å². The van der Waals surface area contributed by atoms with Crippen LogP contribution < -0.4 is 5.32 Å². The van der Waals surface area contributed by atoms with Gasteiger partial charge in [-0.3, -0.25) is 9.98 Å². The monoisotopic (exact) mass is 308 g/mol. The fourth-order valence-electron chi connectivity index (χ4n) is 2.81. The maximum atomic E-state index is 4.84. The molecule has 4 heteroatoms. The van der Waals surface area contributed by atoms with Crippen LogP contribution in [-0.2, 0) is 6.42 Å². The summed E-state index contributed by atoms with van der Waals surface area (Å²) in [6, 6.07) is 14.4. The molecule has 0 bridgehead atoms. The highest BCUT2D eigenvalue weighted by Gasteiger charge is 2.14. The highest BCUT2D eigenvalue weighted by molar-refractivity contribution is 5.93. The molecule has 0 amide bonds. The van der Waals surface area contributed by atoms with Crippen molar-refractivity contribution in [2.24, 2.45) is 4.99 Å². The summed E-state index contributed by atoms with van der Waals surface area (Å²) in [5, 5.41) is 3.50. The second-order valence-corrected chi connectivity index (χ2v) is 5.86. The number of nitrogens with zero attached hydrogens (tertiary/aromatic N) is 3. The van der Waals surface area contributed by atoms with Gasteiger partial charge in [0.15, 0.2) is 5.96 Å². The zero-order chi connectivity index (χ0) is 15.7. The molecule has 1 aliphatic heterocycles. The van der Waals surface area contributed by atoms with Crippen molar-refractivity contribution in [3.63, 3.8) is 0 Å². The maximum Gasteiger partial charge on any atom is 0.198 e. The van der Waals surface area contributed by atoms with E-state index in [0.717, 1.165) is 37.7 Å². The topological polar surface area (TPSA) is 40.5 Å². The van der Waals surface area contributed by atoms with E-state index in [2.05, 4.69) is 33.4 Å². The van der Waals surface area contributed by atoms with Crippen LogP contribution in [-0.4, -0.2) is 35.5 Å². The molecule has 2 aromatic rings. The van der Waals surface area contributed by atoms with Crippen LogP contribution in [0.15, 0.2) is 59.9 Å². The summed E-state index contributed by atoms with van der Waals surface area (Å²) in [6.07, 6.45) is 8.46. The molecule has 1 N–H and O–H groups in total. The summed E-state index contributed by atoms with van der Waals surface area (Å²) in [5.41, 5.74) is 2.33. The number of guanidine groups is 1. The Morgan fingerprint density at radius 3 is 2.61 bits per heavy atom. The molecule has 4 nitrogen and oxygen atoms in total. The molecule has 1 saturated heterocycles. The van der Waals surface area contributed by atoms with E-state index in [9.17, 15) is 0 Å². The van der Waals surface area contributed by atoms with Crippen LogP contribution >= 0.6 is 0 Å². The maximum absolute atomic E-state index is 4.84. The first-order valence-electron chi connectivity index (χ1n) is 8.42. The lowest BCUT2D eigenvalue weighted by Gasteiger charge is -2.30. The molecule has 0 spiro atoms. The van der Waals surface area contributed by atoms with Crippen LogP contribution in [0.4, 0.5) is 5.69 Å². The number of nitrogens with one attached hydrogen (secondary N) is 1. The number of anilines is 1. The minimum Gasteiger partial charge on any atom is -0.343 e. The molecule has 2 heterocycles. The molecule has 120 valence electrons. The Labute approximate surface area is 138 Å². The van der Waals surface area contributed by atoms with Gasteiger partial charge in [0.25, 0.3) is 0 Å². The molecule has 0 unspecified atom stereocenters. The lowest BCUT2D eigenvalue weighted by atomic mass is 10.1. The van der Waals surface area contributed by atoms with Gasteiger partial charge in [0.1, 0.15) is 0 Å². The van der Waals surface area contributed by atoms with Crippen LogP contribution in [0.25, 0.3) is 0 Å². The summed E-state index contributed by atoms with van der Waals surface area (Å²) in [7, 11) is 0. The number of para-hydroxylation sites is 1. The Bertz CT molecular complexity index is 604. The lowest BCUT2D eigenvalue weighted by Crippen LogP contribution is -2.40. The van der Waals surface area contributed by atoms with Crippen molar-refractivity contribution in [2.75, 3.05) is 25.0 Å². The van der Waals surface area contributed by atoms with E-state index in [0.29, 0.717) is 0 Å². The van der Waals surface area contributed by atoms with Crippen molar-refractivity contribution in [2.45, 2.75) is 25.7 Å². The average Bonchev–Trinajstić information content (AvgIpc) is 2.63. The van der Waals surface area contributed by atoms with E-state index in [1.165, 1.54) is 24.8 Å². The zero-order valence-corrected chi connectivity index (χ0v) is 13.5. The van der Waals surface area contributed by atoms with Gasteiger partial charge in [0.05, 0.1) is 0 Å². The fourth-order valence-corrected chi connectivity index (χ4v) is 2.81. The number of pyridine rings is 1. The van der Waals surface area contributed by atoms with Crippen LogP contribution in [0.3, 0.4) is 0 Å². The highest BCUT2D eigenvalue weighted by Crippen LogP contribution is 2.12. The summed E-state index contributed by atoms with van der Waals surface area (Å²) in [6.45, 7) is 2.95. The van der Waals surface area contributed by atoms with Gasteiger partial charge in [-0.15, -0.1) is 0 Å². The number of rotatable bonds is 4. The number of hydrogen-bond donors (Lipinski definition) is 1. The Morgan fingerprint density at radius 1 is 1.04 bits per heavy atom. The van der Waals surface area contributed by atoms with Gasteiger partial charge in [-0.05, 0) is 49.4 Å². The SMILES string of the molecule is c1ccc(NC(=NCCc2cccnc2)N2CCCCC2)cc1. The number of likely N-dealkylation sites (tertiary alicyclic amines) is 1. The summed E-state index contributed by atoms with van der Waals surface area (Å²) in [5.74, 6) is 1.000. The Hall–Kier alpha value is -2.36. The van der Waals surface area contributed by atoms with Gasteiger partial charge >= 0.3 is 0 Å². The number of aliphatic imine (C=N–C) groups is 1. The minimum absolute atomic E-state index is 0.775. The highest BCUT2D eigenvalue weighted by atomic mass is 15.3. The van der Waals surface area contributed by atoms with Crippen LogP contribution in [0.2, 0.25) is 0 Å². The molecule has 0 atom stereocenters. The molecule has 1 fully saturated rings. The normalized spacial score (nSPS) is 15.5. The Balaban J connectivity index is 1.67. The van der Waals surface area contributed by atoms with E-state index in [1.54, 1.807) is 0 Å². The third-order valence-electron chi connectivity index (χ3n) is 4.07. The average molecular weight is 308 g/mol. The second kappa shape index (κ2) is 8.32. The Morgan fingerprint density at radius 2 is 1.87 bits per heavy atom. The quantitative estimate of drug-likeness (QED) is 0.693. The zero-order valence-electron chi connectivity index (χ0n) is 13.5. The van der Waals surface area contributed by atoms with Gasteiger partial charge in [0.2, 0.25) is 0 Å². The van der Waals surface area contributed by atoms with Crippen molar-refractivity contribution in [1.82, 2.24) is 9.88 Å².